The highest BCUT2D eigenvalue weighted by Gasteiger charge is 2.01. The number of aromatic amines is 1. The van der Waals surface area contributed by atoms with Crippen molar-refractivity contribution in [1.82, 2.24) is 15.3 Å². The SMILES string of the molecule is NC(=S)C(=S)N/C=C/c1nc2ccccc2[nH]c1=O. The molecule has 0 bridgehead atoms. The Morgan fingerprint density at radius 1 is 1.37 bits per heavy atom. The maximum Gasteiger partial charge on any atom is 0.274 e. The van der Waals surface area contributed by atoms with Crippen molar-refractivity contribution in [2.45, 2.75) is 0 Å². The highest BCUT2D eigenvalue weighted by molar-refractivity contribution is 7.89. The largest absolute Gasteiger partial charge is 0.388 e. The number of nitrogens with zero attached hydrogens (tertiary/aromatic N) is 1. The fraction of sp³-hybridized carbons (Fsp3) is 0. The second kappa shape index (κ2) is 5.68. The summed E-state index contributed by atoms with van der Waals surface area (Å²) in [7, 11) is 0. The minimum absolute atomic E-state index is 0.0973. The van der Waals surface area contributed by atoms with Crippen LogP contribution in [0.3, 0.4) is 0 Å². The van der Waals surface area contributed by atoms with Crippen molar-refractivity contribution in [1.29, 1.82) is 0 Å². The molecule has 0 radical (unpaired) electrons. The summed E-state index contributed by atoms with van der Waals surface area (Å²) in [5.74, 6) is 0. The van der Waals surface area contributed by atoms with Gasteiger partial charge in [0, 0.05) is 6.20 Å². The highest BCUT2D eigenvalue weighted by Crippen LogP contribution is 2.06. The average molecular weight is 290 g/mol. The Bertz CT molecular complexity index is 736. The molecule has 0 atom stereocenters. The number of H-pyrrole nitrogens is 1. The van der Waals surface area contributed by atoms with Gasteiger partial charge in [-0.25, -0.2) is 4.98 Å². The predicted octanol–water partition coefficient (Wildman–Crippen LogP) is 1.10. The Kier molecular flexibility index (Phi) is 3.98. The van der Waals surface area contributed by atoms with Crippen LogP contribution in [0.25, 0.3) is 17.1 Å². The minimum atomic E-state index is -0.280. The molecule has 1 aromatic carbocycles. The fourth-order valence-corrected chi connectivity index (χ4v) is 1.55. The Morgan fingerprint density at radius 3 is 2.84 bits per heavy atom. The van der Waals surface area contributed by atoms with Gasteiger partial charge in [0.05, 0.1) is 11.0 Å². The summed E-state index contributed by atoms with van der Waals surface area (Å²) in [6.07, 6.45) is 2.99. The number of hydrogen-bond acceptors (Lipinski definition) is 4. The molecule has 96 valence electrons. The van der Waals surface area contributed by atoms with E-state index in [4.69, 9.17) is 30.2 Å². The number of aromatic nitrogens is 2. The summed E-state index contributed by atoms with van der Waals surface area (Å²) in [6.45, 7) is 0. The van der Waals surface area contributed by atoms with Crippen molar-refractivity contribution in [3.8, 4) is 0 Å². The highest BCUT2D eigenvalue weighted by atomic mass is 32.1. The number of thiocarbonyl (C=S) groups is 2. The first-order valence-electron chi connectivity index (χ1n) is 5.34. The van der Waals surface area contributed by atoms with E-state index in [2.05, 4.69) is 15.3 Å². The van der Waals surface area contributed by atoms with E-state index in [-0.39, 0.29) is 21.2 Å². The number of benzene rings is 1. The summed E-state index contributed by atoms with van der Waals surface area (Å²) in [4.78, 5) is 19.1. The molecule has 0 unspecified atom stereocenters. The maximum atomic E-state index is 11.8. The summed E-state index contributed by atoms with van der Waals surface area (Å²) >= 11 is 9.56. The van der Waals surface area contributed by atoms with E-state index in [0.29, 0.717) is 11.0 Å². The zero-order chi connectivity index (χ0) is 13.8. The van der Waals surface area contributed by atoms with Crippen LogP contribution in [0.4, 0.5) is 0 Å². The second-order valence-electron chi connectivity index (χ2n) is 3.64. The van der Waals surface area contributed by atoms with Gasteiger partial charge >= 0.3 is 0 Å². The molecule has 4 N–H and O–H groups in total. The van der Waals surface area contributed by atoms with Crippen molar-refractivity contribution < 1.29 is 0 Å². The van der Waals surface area contributed by atoms with Gasteiger partial charge in [0.2, 0.25) is 0 Å². The van der Waals surface area contributed by atoms with Crippen molar-refractivity contribution in [2.75, 3.05) is 0 Å². The first-order valence-corrected chi connectivity index (χ1v) is 6.15. The van der Waals surface area contributed by atoms with Gasteiger partial charge in [0.15, 0.2) is 0 Å². The molecule has 0 saturated heterocycles. The molecule has 7 heteroatoms. The molecule has 19 heavy (non-hydrogen) atoms. The first kappa shape index (κ1) is 13.3. The van der Waals surface area contributed by atoms with Crippen LogP contribution in [0.2, 0.25) is 0 Å². The second-order valence-corrected chi connectivity index (χ2v) is 4.49. The summed E-state index contributed by atoms with van der Waals surface area (Å²) < 4.78 is 0. The van der Waals surface area contributed by atoms with Crippen LogP contribution < -0.4 is 16.6 Å². The van der Waals surface area contributed by atoms with Gasteiger partial charge in [-0.05, 0) is 18.2 Å². The molecule has 0 aliphatic carbocycles. The number of fused-ring (bicyclic) bond motifs is 1. The normalized spacial score (nSPS) is 10.7. The molecule has 2 aromatic rings. The van der Waals surface area contributed by atoms with Gasteiger partial charge in [0.1, 0.15) is 15.7 Å². The molecule has 0 saturated carbocycles. The molecule has 0 fully saturated rings. The Morgan fingerprint density at radius 2 is 2.11 bits per heavy atom. The van der Waals surface area contributed by atoms with E-state index in [9.17, 15) is 4.79 Å². The molecule has 0 aliphatic heterocycles. The lowest BCUT2D eigenvalue weighted by atomic mass is 10.3. The molecule has 1 heterocycles. The van der Waals surface area contributed by atoms with Crippen LogP contribution in [0.5, 0.6) is 0 Å². The third-order valence-electron chi connectivity index (χ3n) is 2.31. The van der Waals surface area contributed by atoms with Crippen LogP contribution in [0.1, 0.15) is 5.69 Å². The lowest BCUT2D eigenvalue weighted by molar-refractivity contribution is 1.19. The van der Waals surface area contributed by atoms with Gasteiger partial charge in [0.25, 0.3) is 5.56 Å². The van der Waals surface area contributed by atoms with Crippen LogP contribution >= 0.6 is 24.4 Å². The monoisotopic (exact) mass is 290 g/mol. The fourth-order valence-electron chi connectivity index (χ4n) is 1.42. The summed E-state index contributed by atoms with van der Waals surface area (Å²) in [5, 5.41) is 2.70. The van der Waals surface area contributed by atoms with Crippen molar-refractivity contribution in [3.05, 3.63) is 46.5 Å². The molecule has 0 spiro atoms. The smallest absolute Gasteiger partial charge is 0.274 e. The molecular weight excluding hydrogens is 280 g/mol. The number of nitrogens with one attached hydrogen (secondary N) is 2. The first-order chi connectivity index (χ1) is 9.08. The molecule has 5 nitrogen and oxygen atoms in total. The minimum Gasteiger partial charge on any atom is -0.388 e. The van der Waals surface area contributed by atoms with Crippen molar-refractivity contribution in [2.24, 2.45) is 5.73 Å². The molecular formula is C12H10N4OS2. The van der Waals surface area contributed by atoms with Crippen molar-refractivity contribution in [3.63, 3.8) is 0 Å². The molecule has 1 aromatic heterocycles. The van der Waals surface area contributed by atoms with Gasteiger partial charge in [-0.3, -0.25) is 4.79 Å². The lowest BCUT2D eigenvalue weighted by Crippen LogP contribution is -2.29. The predicted molar refractivity (Wildman–Crippen MR) is 83.9 cm³/mol. The zero-order valence-corrected chi connectivity index (χ0v) is 11.3. The zero-order valence-electron chi connectivity index (χ0n) is 9.71. The van der Waals surface area contributed by atoms with Gasteiger partial charge < -0.3 is 16.0 Å². The summed E-state index contributed by atoms with van der Waals surface area (Å²) in [5.41, 5.74) is 6.72. The Balaban J connectivity index is 2.28. The topological polar surface area (TPSA) is 83.8 Å². The molecule has 0 amide bonds. The van der Waals surface area contributed by atoms with Gasteiger partial charge in [-0.1, -0.05) is 36.6 Å². The van der Waals surface area contributed by atoms with E-state index < -0.39 is 0 Å². The standard InChI is InChI=1S/C12H10N4OS2/c13-10(18)12(19)14-6-5-9-11(17)16-8-4-2-1-3-7(8)15-9/h1-6H,(H2,13,18)(H,14,19)(H,16,17)/b6-5+. The Labute approximate surface area is 119 Å². The Hall–Kier alpha value is -2.12. The summed E-state index contributed by atoms with van der Waals surface area (Å²) in [6, 6.07) is 7.28. The number of para-hydroxylation sites is 2. The number of nitrogens with two attached hydrogens (primary N) is 1. The van der Waals surface area contributed by atoms with Crippen LogP contribution in [-0.4, -0.2) is 19.9 Å². The van der Waals surface area contributed by atoms with Gasteiger partial charge in [-0.15, -0.1) is 0 Å². The van der Waals surface area contributed by atoms with E-state index in [1.54, 1.807) is 6.07 Å². The van der Waals surface area contributed by atoms with E-state index in [1.165, 1.54) is 12.3 Å². The average Bonchev–Trinajstić information content (AvgIpc) is 2.39. The third kappa shape index (κ3) is 3.21. The lowest BCUT2D eigenvalue weighted by Gasteiger charge is -2.00. The quantitative estimate of drug-likeness (QED) is 0.718. The van der Waals surface area contributed by atoms with E-state index in [0.717, 1.165) is 0 Å². The third-order valence-corrected chi connectivity index (χ3v) is 2.98. The van der Waals surface area contributed by atoms with Crippen LogP contribution in [-0.2, 0) is 0 Å². The van der Waals surface area contributed by atoms with E-state index >= 15 is 0 Å². The van der Waals surface area contributed by atoms with Crippen molar-refractivity contribution >= 4 is 51.5 Å². The maximum absolute atomic E-state index is 11.8. The number of rotatable bonds is 2. The van der Waals surface area contributed by atoms with E-state index in [1.807, 2.05) is 18.2 Å². The van der Waals surface area contributed by atoms with Crippen LogP contribution in [0.15, 0.2) is 35.3 Å². The van der Waals surface area contributed by atoms with Crippen LogP contribution in [0, 0.1) is 0 Å². The molecule has 0 aliphatic rings. The van der Waals surface area contributed by atoms with Gasteiger partial charge in [-0.2, -0.15) is 0 Å². The molecule has 2 rings (SSSR count). The number of hydrogen-bond donors (Lipinski definition) is 3.